The zero-order chi connectivity index (χ0) is 6.57. The molecule has 0 spiro atoms. The lowest BCUT2D eigenvalue weighted by Gasteiger charge is -2.11. The number of rotatable bonds is 3. The molecule has 3 heteroatoms. The minimum absolute atomic E-state index is 0.227. The van der Waals surface area contributed by atoms with Crippen molar-refractivity contribution in [1.82, 2.24) is 0 Å². The number of alkyl halides is 1. The van der Waals surface area contributed by atoms with Gasteiger partial charge in [0.1, 0.15) is 0 Å². The number of hydrogen-bond donors (Lipinski definition) is 1. The van der Waals surface area contributed by atoms with Crippen LogP contribution in [0.5, 0.6) is 0 Å². The fourth-order valence-corrected chi connectivity index (χ4v) is 0.958. The van der Waals surface area contributed by atoms with Crippen LogP contribution >= 0.6 is 23.5 Å². The average Bonchev–Trinajstić information content (AvgIpc) is 1.84. The molecule has 0 rings (SSSR count). The highest BCUT2D eigenvalue weighted by atomic mass is 35.5. The third-order valence-electron chi connectivity index (χ3n) is 1.11. The Morgan fingerprint density at radius 3 is 2.38 bits per heavy atom. The number of nitrogens with two attached hydrogens (primary N) is 1. The first-order valence-corrected chi connectivity index (χ1v) is 4.09. The molecule has 0 bridgehead atoms. The van der Waals surface area contributed by atoms with E-state index in [0.29, 0.717) is 5.25 Å². The summed E-state index contributed by atoms with van der Waals surface area (Å²) < 4.78 is 0. The molecule has 0 aliphatic carbocycles. The molecule has 0 aromatic heterocycles. The van der Waals surface area contributed by atoms with Crippen molar-refractivity contribution in [2.45, 2.75) is 30.9 Å². The second-order valence-corrected chi connectivity index (χ2v) is 3.34. The maximum Gasteiger partial charge on any atom is 0.0462 e. The Bertz CT molecular complexity index is 52.4. The summed E-state index contributed by atoms with van der Waals surface area (Å²) in [7, 11) is 0. The second-order valence-electron chi connectivity index (χ2n) is 1.77. The van der Waals surface area contributed by atoms with Crippen molar-refractivity contribution in [3.63, 3.8) is 0 Å². The Balaban J connectivity index is 3.29. The first-order valence-electron chi connectivity index (χ1n) is 2.72. The zero-order valence-corrected chi connectivity index (χ0v) is 6.80. The van der Waals surface area contributed by atoms with E-state index in [4.69, 9.17) is 16.7 Å². The molecule has 0 aromatic rings. The molecule has 0 fully saturated rings. The van der Waals surface area contributed by atoms with Crippen molar-refractivity contribution in [3.8, 4) is 0 Å². The Morgan fingerprint density at radius 2 is 2.25 bits per heavy atom. The van der Waals surface area contributed by atoms with Gasteiger partial charge in [0.05, 0.1) is 0 Å². The topological polar surface area (TPSA) is 26.0 Å². The predicted octanol–water partition coefficient (Wildman–Crippen LogP) is 2.00. The van der Waals surface area contributed by atoms with Gasteiger partial charge in [-0.3, -0.25) is 5.14 Å². The summed E-state index contributed by atoms with van der Waals surface area (Å²) in [6.45, 7) is 4.09. The van der Waals surface area contributed by atoms with Crippen molar-refractivity contribution in [2.75, 3.05) is 0 Å². The number of halogens is 1. The van der Waals surface area contributed by atoms with Crippen LogP contribution in [0.25, 0.3) is 0 Å². The molecule has 0 aliphatic heterocycles. The van der Waals surface area contributed by atoms with Gasteiger partial charge in [-0.15, -0.1) is 11.6 Å². The normalized spacial score (nSPS) is 18.0. The van der Waals surface area contributed by atoms with Crippen molar-refractivity contribution in [2.24, 2.45) is 5.14 Å². The average molecular weight is 154 g/mol. The highest BCUT2D eigenvalue weighted by molar-refractivity contribution is 7.97. The molecular formula is C5H12ClNS. The Morgan fingerprint density at radius 1 is 1.75 bits per heavy atom. The number of hydrogen-bond acceptors (Lipinski definition) is 2. The minimum Gasteiger partial charge on any atom is -0.278 e. The van der Waals surface area contributed by atoms with Gasteiger partial charge in [0, 0.05) is 10.6 Å². The van der Waals surface area contributed by atoms with Crippen LogP contribution in [0, 0.1) is 0 Å². The van der Waals surface area contributed by atoms with Crippen LogP contribution in [-0.2, 0) is 0 Å². The lowest BCUT2D eigenvalue weighted by molar-refractivity contribution is 0.798. The van der Waals surface area contributed by atoms with Crippen molar-refractivity contribution in [3.05, 3.63) is 0 Å². The van der Waals surface area contributed by atoms with Gasteiger partial charge in [0.25, 0.3) is 0 Å². The monoisotopic (exact) mass is 153 g/mol. The van der Waals surface area contributed by atoms with E-state index < -0.39 is 0 Å². The fourth-order valence-electron chi connectivity index (χ4n) is 0.417. The van der Waals surface area contributed by atoms with Gasteiger partial charge in [-0.25, -0.2) is 0 Å². The Hall–Kier alpha value is 0.600. The van der Waals surface area contributed by atoms with Gasteiger partial charge in [0.2, 0.25) is 0 Å². The third-order valence-corrected chi connectivity index (χ3v) is 2.71. The Labute approximate surface area is 60.1 Å². The maximum absolute atomic E-state index is 5.82. The summed E-state index contributed by atoms with van der Waals surface area (Å²) in [6, 6.07) is 0. The quantitative estimate of drug-likeness (QED) is 0.496. The van der Waals surface area contributed by atoms with Crippen LogP contribution in [0.1, 0.15) is 20.3 Å². The molecule has 0 radical (unpaired) electrons. The van der Waals surface area contributed by atoms with E-state index in [9.17, 15) is 0 Å². The van der Waals surface area contributed by atoms with E-state index in [1.165, 1.54) is 11.9 Å². The summed E-state index contributed by atoms with van der Waals surface area (Å²) >= 11 is 7.14. The molecule has 0 saturated heterocycles. The van der Waals surface area contributed by atoms with Gasteiger partial charge in [-0.1, -0.05) is 25.8 Å². The van der Waals surface area contributed by atoms with Crippen molar-refractivity contribution in [1.29, 1.82) is 0 Å². The largest absolute Gasteiger partial charge is 0.278 e. The SMILES string of the molecule is CCC(Cl)C(C)SN. The maximum atomic E-state index is 5.82. The zero-order valence-electron chi connectivity index (χ0n) is 5.23. The minimum atomic E-state index is 0.227. The van der Waals surface area contributed by atoms with E-state index >= 15 is 0 Å². The molecule has 0 aliphatic rings. The lowest BCUT2D eigenvalue weighted by atomic mass is 10.3. The van der Waals surface area contributed by atoms with Crippen LogP contribution in [0.15, 0.2) is 0 Å². The van der Waals surface area contributed by atoms with Gasteiger partial charge in [-0.05, 0) is 6.42 Å². The van der Waals surface area contributed by atoms with Gasteiger partial charge < -0.3 is 0 Å². The van der Waals surface area contributed by atoms with E-state index in [2.05, 4.69) is 6.92 Å². The molecule has 1 nitrogen and oxygen atoms in total. The third kappa shape index (κ3) is 2.80. The highest BCUT2D eigenvalue weighted by Gasteiger charge is 2.09. The molecular weight excluding hydrogens is 142 g/mol. The van der Waals surface area contributed by atoms with E-state index in [1.807, 2.05) is 6.92 Å². The molecule has 50 valence electrons. The molecule has 2 atom stereocenters. The van der Waals surface area contributed by atoms with Crippen molar-refractivity contribution < 1.29 is 0 Å². The molecule has 2 unspecified atom stereocenters. The summed E-state index contributed by atoms with van der Waals surface area (Å²) in [6.07, 6.45) is 0.993. The summed E-state index contributed by atoms with van der Waals surface area (Å²) in [4.78, 5) is 0. The van der Waals surface area contributed by atoms with Gasteiger partial charge in [-0.2, -0.15) is 0 Å². The molecule has 2 N–H and O–H groups in total. The highest BCUT2D eigenvalue weighted by Crippen LogP contribution is 2.15. The molecule has 0 saturated carbocycles. The standard InChI is InChI=1S/C5H12ClNS/c1-3-5(6)4(2)8-7/h4-5H,3,7H2,1-2H3. The summed E-state index contributed by atoms with van der Waals surface area (Å²) in [5.74, 6) is 0. The smallest absolute Gasteiger partial charge is 0.0462 e. The summed E-state index contributed by atoms with van der Waals surface area (Å²) in [5, 5.41) is 5.88. The van der Waals surface area contributed by atoms with Gasteiger partial charge in [0.15, 0.2) is 0 Å². The first kappa shape index (κ1) is 8.60. The molecule has 0 amide bonds. The molecule has 0 aromatic carbocycles. The Kier molecular flexibility index (Phi) is 4.81. The molecule has 8 heavy (non-hydrogen) atoms. The van der Waals surface area contributed by atoms with Crippen LogP contribution in [0.3, 0.4) is 0 Å². The van der Waals surface area contributed by atoms with Crippen LogP contribution in [-0.4, -0.2) is 10.6 Å². The van der Waals surface area contributed by atoms with Crippen LogP contribution in [0.2, 0.25) is 0 Å². The lowest BCUT2D eigenvalue weighted by Crippen LogP contribution is -2.14. The molecule has 0 heterocycles. The van der Waals surface area contributed by atoms with Crippen LogP contribution in [0.4, 0.5) is 0 Å². The second kappa shape index (κ2) is 4.48. The van der Waals surface area contributed by atoms with Crippen molar-refractivity contribution >= 4 is 23.5 Å². The predicted molar refractivity (Wildman–Crippen MR) is 41.2 cm³/mol. The van der Waals surface area contributed by atoms with E-state index in [0.717, 1.165) is 6.42 Å². The fraction of sp³-hybridized carbons (Fsp3) is 1.00. The summed E-state index contributed by atoms with van der Waals surface area (Å²) in [5.41, 5.74) is 0. The van der Waals surface area contributed by atoms with E-state index in [-0.39, 0.29) is 5.38 Å². The van der Waals surface area contributed by atoms with Crippen LogP contribution < -0.4 is 5.14 Å². The van der Waals surface area contributed by atoms with E-state index in [1.54, 1.807) is 0 Å². The first-order chi connectivity index (χ1) is 3.72. The van der Waals surface area contributed by atoms with Gasteiger partial charge >= 0.3 is 0 Å².